The van der Waals surface area contributed by atoms with Crippen molar-refractivity contribution in [2.75, 3.05) is 23.8 Å². The zero-order chi connectivity index (χ0) is 18.7. The second-order valence-electron chi connectivity index (χ2n) is 5.66. The molecule has 0 saturated heterocycles. The van der Waals surface area contributed by atoms with Crippen LogP contribution in [0.4, 0.5) is 11.4 Å². The van der Waals surface area contributed by atoms with Crippen molar-refractivity contribution in [3.63, 3.8) is 0 Å². The largest absolute Gasteiger partial charge is 0.459 e. The average Bonchev–Trinajstić information content (AvgIpc) is 3.23. The third-order valence-electron chi connectivity index (χ3n) is 3.84. The first-order valence-corrected chi connectivity index (χ1v) is 7.90. The molecule has 8 heteroatoms. The van der Waals surface area contributed by atoms with E-state index in [0.29, 0.717) is 11.4 Å². The summed E-state index contributed by atoms with van der Waals surface area (Å²) in [5.74, 6) is -1.20. The Morgan fingerprint density at radius 2 is 2.08 bits per heavy atom. The van der Waals surface area contributed by atoms with Gasteiger partial charge in [-0.3, -0.25) is 19.3 Å². The van der Waals surface area contributed by atoms with E-state index in [-0.39, 0.29) is 24.6 Å². The van der Waals surface area contributed by atoms with E-state index >= 15 is 0 Å². The van der Waals surface area contributed by atoms with Crippen molar-refractivity contribution >= 4 is 29.1 Å². The predicted octanol–water partition coefficient (Wildman–Crippen LogP) is 1.50. The molecule has 3 rings (SSSR count). The van der Waals surface area contributed by atoms with Crippen LogP contribution in [0, 0.1) is 6.92 Å². The van der Waals surface area contributed by atoms with Gasteiger partial charge in [-0.15, -0.1) is 0 Å². The molecule has 1 aromatic heterocycles. The maximum absolute atomic E-state index is 12.2. The number of hydrogen-bond donors (Lipinski definition) is 3. The molecule has 0 aliphatic carbocycles. The number of hydrogen-bond acceptors (Lipinski definition) is 6. The van der Waals surface area contributed by atoms with Crippen molar-refractivity contribution in [2.45, 2.75) is 6.92 Å². The molecule has 1 aliphatic heterocycles. The van der Waals surface area contributed by atoms with Crippen LogP contribution in [0.1, 0.15) is 16.1 Å². The Hall–Kier alpha value is -3.39. The molecule has 8 nitrogen and oxygen atoms in total. The zero-order valence-electron chi connectivity index (χ0n) is 14.0. The minimum absolute atomic E-state index is 0.0580. The Morgan fingerprint density at radius 3 is 2.77 bits per heavy atom. The van der Waals surface area contributed by atoms with E-state index in [1.165, 1.54) is 12.3 Å². The summed E-state index contributed by atoms with van der Waals surface area (Å²) in [7, 11) is 0. The maximum atomic E-state index is 12.2. The molecule has 0 spiro atoms. The van der Waals surface area contributed by atoms with Crippen molar-refractivity contribution in [3.8, 4) is 0 Å². The number of aryl methyl sites for hydroxylation is 1. The third-order valence-corrected chi connectivity index (χ3v) is 3.84. The van der Waals surface area contributed by atoms with Gasteiger partial charge in [0, 0.05) is 17.5 Å². The summed E-state index contributed by atoms with van der Waals surface area (Å²) in [6.07, 6.45) is 2.59. The molecule has 0 bridgehead atoms. The first-order valence-electron chi connectivity index (χ1n) is 7.90. The first-order chi connectivity index (χ1) is 12.5. The second-order valence-corrected chi connectivity index (χ2v) is 5.66. The number of carbonyl (C=O) groups is 3. The average molecular weight is 355 g/mol. The van der Waals surface area contributed by atoms with Gasteiger partial charge in [0.1, 0.15) is 5.70 Å². The summed E-state index contributed by atoms with van der Waals surface area (Å²) >= 11 is 0. The van der Waals surface area contributed by atoms with Gasteiger partial charge in [0.05, 0.1) is 19.4 Å². The van der Waals surface area contributed by atoms with Crippen LogP contribution in [-0.4, -0.2) is 40.9 Å². The Morgan fingerprint density at radius 1 is 1.27 bits per heavy atom. The number of β-amino-alcohol motifs (C(OH)–C–C–N with tert-alkyl or cyclic N) is 1. The lowest BCUT2D eigenvalue weighted by Gasteiger charge is -2.15. The van der Waals surface area contributed by atoms with Crippen LogP contribution in [0.15, 0.2) is 52.8 Å². The van der Waals surface area contributed by atoms with E-state index in [1.807, 2.05) is 6.92 Å². The molecule has 0 atom stereocenters. The first kappa shape index (κ1) is 17.4. The van der Waals surface area contributed by atoms with Gasteiger partial charge in [-0.25, -0.2) is 0 Å². The van der Waals surface area contributed by atoms with Crippen molar-refractivity contribution in [3.05, 3.63) is 59.7 Å². The van der Waals surface area contributed by atoms with Crippen LogP contribution >= 0.6 is 0 Å². The van der Waals surface area contributed by atoms with Crippen molar-refractivity contribution in [1.82, 2.24) is 4.90 Å². The summed E-state index contributed by atoms with van der Waals surface area (Å²) in [4.78, 5) is 37.1. The van der Waals surface area contributed by atoms with Crippen molar-refractivity contribution < 1.29 is 23.9 Å². The van der Waals surface area contributed by atoms with Gasteiger partial charge in [0.2, 0.25) is 0 Å². The molecular formula is C18H17N3O5. The number of nitrogens with zero attached hydrogens (tertiary/aromatic N) is 1. The predicted molar refractivity (Wildman–Crippen MR) is 93.4 cm³/mol. The van der Waals surface area contributed by atoms with Gasteiger partial charge < -0.3 is 20.2 Å². The lowest BCUT2D eigenvalue weighted by Crippen LogP contribution is -2.34. The van der Waals surface area contributed by atoms with Crippen LogP contribution < -0.4 is 10.6 Å². The summed E-state index contributed by atoms with van der Waals surface area (Å²) < 4.78 is 5.04. The lowest BCUT2D eigenvalue weighted by molar-refractivity contribution is -0.137. The summed E-state index contributed by atoms with van der Waals surface area (Å²) in [6.45, 7) is 1.47. The van der Waals surface area contributed by atoms with Crippen LogP contribution in [-0.2, 0) is 9.59 Å². The van der Waals surface area contributed by atoms with Crippen LogP contribution in [0.25, 0.3) is 0 Å². The van der Waals surface area contributed by atoms with E-state index in [0.717, 1.165) is 10.5 Å². The van der Waals surface area contributed by atoms with Gasteiger partial charge in [-0.2, -0.15) is 0 Å². The van der Waals surface area contributed by atoms with Gasteiger partial charge in [-0.1, -0.05) is 6.07 Å². The molecule has 0 saturated carbocycles. The topological polar surface area (TPSA) is 112 Å². The number of carbonyl (C=O) groups excluding carboxylic acids is 3. The standard InChI is InChI=1S/C18H17N3O5/c1-11-4-5-12(19-17(24)15-3-2-8-26-15)9-13(11)20-14-10-16(23)21(6-7-22)18(14)25/h2-5,8-10,20,22H,6-7H2,1H3,(H,19,24). The highest BCUT2D eigenvalue weighted by Crippen LogP contribution is 2.24. The van der Waals surface area contributed by atoms with E-state index in [9.17, 15) is 14.4 Å². The van der Waals surface area contributed by atoms with E-state index in [2.05, 4.69) is 10.6 Å². The molecule has 2 aromatic rings. The SMILES string of the molecule is Cc1ccc(NC(=O)c2ccco2)cc1NC1=CC(=O)N(CCO)C1=O. The maximum Gasteiger partial charge on any atom is 0.291 e. The molecule has 3 N–H and O–H groups in total. The molecule has 0 fully saturated rings. The van der Waals surface area contributed by atoms with Crippen LogP contribution in [0.3, 0.4) is 0 Å². The Bertz CT molecular complexity index is 886. The molecule has 0 unspecified atom stereocenters. The third kappa shape index (κ3) is 3.50. The second kappa shape index (κ2) is 7.24. The summed E-state index contributed by atoms with van der Waals surface area (Å²) in [5, 5.41) is 14.6. The van der Waals surface area contributed by atoms with Gasteiger partial charge in [-0.05, 0) is 36.8 Å². The molecule has 1 aliphatic rings. The number of aliphatic hydroxyl groups excluding tert-OH is 1. The number of imide groups is 1. The molecule has 1 aromatic carbocycles. The summed E-state index contributed by atoms with van der Waals surface area (Å²) in [6, 6.07) is 8.31. The van der Waals surface area contributed by atoms with E-state index < -0.39 is 17.7 Å². The highest BCUT2D eigenvalue weighted by molar-refractivity contribution is 6.17. The molecule has 2 heterocycles. The highest BCUT2D eigenvalue weighted by atomic mass is 16.3. The number of aliphatic hydroxyl groups is 1. The molecule has 3 amide bonds. The minimum Gasteiger partial charge on any atom is -0.459 e. The Labute approximate surface area is 149 Å². The number of furan rings is 1. The number of amides is 3. The summed E-state index contributed by atoms with van der Waals surface area (Å²) in [5.41, 5.74) is 2.01. The molecule has 26 heavy (non-hydrogen) atoms. The number of benzene rings is 1. The van der Waals surface area contributed by atoms with Gasteiger partial charge >= 0.3 is 0 Å². The fourth-order valence-corrected chi connectivity index (χ4v) is 2.49. The Kier molecular flexibility index (Phi) is 4.85. The quantitative estimate of drug-likeness (QED) is 0.677. The lowest BCUT2D eigenvalue weighted by atomic mass is 10.1. The van der Waals surface area contributed by atoms with Crippen LogP contribution in [0.2, 0.25) is 0 Å². The molecular weight excluding hydrogens is 338 g/mol. The van der Waals surface area contributed by atoms with Gasteiger partial charge in [0.15, 0.2) is 5.76 Å². The number of anilines is 2. The van der Waals surface area contributed by atoms with E-state index in [4.69, 9.17) is 9.52 Å². The fraction of sp³-hybridized carbons (Fsp3) is 0.167. The van der Waals surface area contributed by atoms with Crippen molar-refractivity contribution in [1.29, 1.82) is 0 Å². The zero-order valence-corrected chi connectivity index (χ0v) is 14.0. The Balaban J connectivity index is 1.76. The van der Waals surface area contributed by atoms with E-state index in [1.54, 1.807) is 30.3 Å². The normalized spacial score (nSPS) is 13.8. The molecule has 0 radical (unpaired) electrons. The minimum atomic E-state index is -0.506. The highest BCUT2D eigenvalue weighted by Gasteiger charge is 2.30. The van der Waals surface area contributed by atoms with Crippen LogP contribution in [0.5, 0.6) is 0 Å². The number of rotatable bonds is 6. The molecule has 134 valence electrons. The monoisotopic (exact) mass is 355 g/mol. The van der Waals surface area contributed by atoms with Gasteiger partial charge in [0.25, 0.3) is 17.7 Å². The fourth-order valence-electron chi connectivity index (χ4n) is 2.49. The van der Waals surface area contributed by atoms with Crippen molar-refractivity contribution in [2.24, 2.45) is 0 Å². The number of nitrogens with one attached hydrogen (secondary N) is 2. The smallest absolute Gasteiger partial charge is 0.291 e.